The van der Waals surface area contributed by atoms with Crippen LogP contribution in [0.4, 0.5) is 0 Å². The van der Waals surface area contributed by atoms with E-state index in [9.17, 15) is 0 Å². The van der Waals surface area contributed by atoms with Crippen LogP contribution in [0.15, 0.2) is 40.9 Å². The summed E-state index contributed by atoms with van der Waals surface area (Å²) in [4.78, 5) is 0. The summed E-state index contributed by atoms with van der Waals surface area (Å²) in [5.41, 5.74) is 2.15. The van der Waals surface area contributed by atoms with Crippen LogP contribution in [0.2, 0.25) is 5.02 Å². The SMILES string of the molecule is COc1cc(CNCCCNCCO)c(Br)cc1OCc1ccc(Cl)cc1. The number of nitrogens with one attached hydrogen (secondary N) is 2. The van der Waals surface area contributed by atoms with E-state index in [-0.39, 0.29) is 6.61 Å². The second-order valence-corrected chi connectivity index (χ2v) is 7.30. The summed E-state index contributed by atoms with van der Waals surface area (Å²) < 4.78 is 12.4. The first kappa shape index (κ1) is 22.0. The average molecular weight is 458 g/mol. The number of methoxy groups -OCH3 is 1. The van der Waals surface area contributed by atoms with E-state index in [1.54, 1.807) is 7.11 Å². The van der Waals surface area contributed by atoms with E-state index < -0.39 is 0 Å². The Labute approximate surface area is 174 Å². The molecule has 2 rings (SSSR count). The van der Waals surface area contributed by atoms with Gasteiger partial charge in [0.05, 0.1) is 13.7 Å². The number of ether oxygens (including phenoxy) is 2. The highest BCUT2D eigenvalue weighted by Gasteiger charge is 2.10. The van der Waals surface area contributed by atoms with Gasteiger partial charge >= 0.3 is 0 Å². The van der Waals surface area contributed by atoms with Crippen LogP contribution < -0.4 is 20.1 Å². The first-order valence-corrected chi connectivity index (χ1v) is 10.1. The molecular weight excluding hydrogens is 432 g/mol. The summed E-state index contributed by atoms with van der Waals surface area (Å²) in [6.07, 6.45) is 0.997. The Bertz CT molecular complexity index is 698. The Hall–Kier alpha value is -1.31. The largest absolute Gasteiger partial charge is 0.493 e. The molecule has 0 fully saturated rings. The Kier molecular flexibility index (Phi) is 9.94. The molecule has 0 heterocycles. The van der Waals surface area contributed by atoms with Crippen LogP contribution in [0.3, 0.4) is 0 Å². The maximum Gasteiger partial charge on any atom is 0.162 e. The van der Waals surface area contributed by atoms with Crippen molar-refractivity contribution in [2.75, 3.05) is 33.4 Å². The third kappa shape index (κ3) is 7.68. The summed E-state index contributed by atoms with van der Waals surface area (Å²) in [5.74, 6) is 1.39. The monoisotopic (exact) mass is 456 g/mol. The topological polar surface area (TPSA) is 62.8 Å². The lowest BCUT2D eigenvalue weighted by Crippen LogP contribution is -2.24. The Morgan fingerprint density at radius 3 is 2.48 bits per heavy atom. The van der Waals surface area contributed by atoms with Crippen LogP contribution in [0, 0.1) is 0 Å². The van der Waals surface area contributed by atoms with Crippen LogP contribution in [0.1, 0.15) is 17.5 Å². The third-order valence-electron chi connectivity index (χ3n) is 3.95. The molecule has 0 aromatic heterocycles. The molecule has 3 N–H and O–H groups in total. The zero-order chi connectivity index (χ0) is 19.5. The minimum absolute atomic E-state index is 0.173. The first-order chi connectivity index (χ1) is 13.1. The zero-order valence-electron chi connectivity index (χ0n) is 15.4. The van der Waals surface area contributed by atoms with Crippen LogP contribution >= 0.6 is 27.5 Å². The molecule has 0 atom stereocenters. The lowest BCUT2D eigenvalue weighted by Gasteiger charge is -2.15. The van der Waals surface area contributed by atoms with E-state index in [4.69, 9.17) is 26.2 Å². The molecule has 2 aromatic carbocycles. The first-order valence-electron chi connectivity index (χ1n) is 8.90. The number of aliphatic hydroxyl groups is 1. The summed E-state index contributed by atoms with van der Waals surface area (Å²) in [5, 5.41) is 16.0. The molecule has 0 spiro atoms. The van der Waals surface area contributed by atoms with Gasteiger partial charge in [0.2, 0.25) is 0 Å². The molecule has 0 unspecified atom stereocenters. The number of hydrogen-bond acceptors (Lipinski definition) is 5. The second kappa shape index (κ2) is 12.2. The van der Waals surface area contributed by atoms with Crippen LogP contribution in [0.25, 0.3) is 0 Å². The molecule has 0 radical (unpaired) electrons. The lowest BCUT2D eigenvalue weighted by molar-refractivity contribution is 0.284. The normalized spacial score (nSPS) is 10.8. The summed E-state index contributed by atoms with van der Waals surface area (Å²) in [7, 11) is 1.64. The van der Waals surface area contributed by atoms with Crippen molar-refractivity contribution in [2.45, 2.75) is 19.6 Å². The fourth-order valence-electron chi connectivity index (χ4n) is 2.49. The van der Waals surface area contributed by atoms with Crippen LogP contribution in [-0.4, -0.2) is 38.5 Å². The van der Waals surface area contributed by atoms with Crippen molar-refractivity contribution in [1.82, 2.24) is 10.6 Å². The zero-order valence-corrected chi connectivity index (χ0v) is 17.8. The van der Waals surface area contributed by atoms with Gasteiger partial charge in [0.25, 0.3) is 0 Å². The van der Waals surface area contributed by atoms with Crippen molar-refractivity contribution in [3.8, 4) is 11.5 Å². The molecule has 0 bridgehead atoms. The van der Waals surface area contributed by atoms with Crippen molar-refractivity contribution in [2.24, 2.45) is 0 Å². The number of hydrogen-bond donors (Lipinski definition) is 3. The second-order valence-electron chi connectivity index (χ2n) is 6.01. The highest BCUT2D eigenvalue weighted by atomic mass is 79.9. The Morgan fingerprint density at radius 2 is 1.78 bits per heavy atom. The van der Waals surface area contributed by atoms with E-state index in [2.05, 4.69) is 26.6 Å². The van der Waals surface area contributed by atoms with Gasteiger partial charge in [0, 0.05) is 22.6 Å². The fraction of sp³-hybridized carbons (Fsp3) is 0.400. The third-order valence-corrected chi connectivity index (χ3v) is 4.94. The van der Waals surface area contributed by atoms with Gasteiger partial charge < -0.3 is 25.2 Å². The maximum atomic E-state index is 8.72. The van der Waals surface area contributed by atoms with E-state index in [1.165, 1.54) is 0 Å². The lowest BCUT2D eigenvalue weighted by atomic mass is 10.2. The highest BCUT2D eigenvalue weighted by Crippen LogP contribution is 2.34. The molecule has 5 nitrogen and oxygen atoms in total. The number of benzene rings is 2. The van der Waals surface area contributed by atoms with Crippen molar-refractivity contribution in [1.29, 1.82) is 0 Å². The van der Waals surface area contributed by atoms with Gasteiger partial charge in [-0.15, -0.1) is 0 Å². The quantitative estimate of drug-likeness (QED) is 0.424. The molecular formula is C20H26BrClN2O3. The molecule has 0 aliphatic rings. The van der Waals surface area contributed by atoms with Crippen LogP contribution in [-0.2, 0) is 13.2 Å². The average Bonchev–Trinajstić information content (AvgIpc) is 2.68. The van der Waals surface area contributed by atoms with Gasteiger partial charge in [-0.05, 0) is 54.9 Å². The highest BCUT2D eigenvalue weighted by molar-refractivity contribution is 9.10. The molecule has 0 aliphatic carbocycles. The maximum absolute atomic E-state index is 8.72. The summed E-state index contributed by atoms with van der Waals surface area (Å²) >= 11 is 9.53. The van der Waals surface area contributed by atoms with Crippen molar-refractivity contribution in [3.05, 3.63) is 57.0 Å². The number of rotatable bonds is 12. The van der Waals surface area contributed by atoms with Crippen molar-refractivity contribution < 1.29 is 14.6 Å². The van der Waals surface area contributed by atoms with Gasteiger partial charge in [-0.2, -0.15) is 0 Å². The van der Waals surface area contributed by atoms with Gasteiger partial charge in [-0.3, -0.25) is 0 Å². The fourth-order valence-corrected chi connectivity index (χ4v) is 3.08. The van der Waals surface area contributed by atoms with Gasteiger partial charge in [-0.1, -0.05) is 39.7 Å². The molecule has 7 heteroatoms. The Morgan fingerprint density at radius 1 is 1.04 bits per heavy atom. The molecule has 27 heavy (non-hydrogen) atoms. The standard InChI is InChI=1S/C20H26BrClN2O3/c1-26-19-11-16(13-24-8-2-7-23-9-10-25)18(21)12-20(19)27-14-15-3-5-17(22)6-4-15/h3-6,11-12,23-25H,2,7-10,13-14H2,1H3. The smallest absolute Gasteiger partial charge is 0.162 e. The molecule has 148 valence electrons. The molecule has 0 saturated heterocycles. The minimum atomic E-state index is 0.173. The molecule has 2 aromatic rings. The summed E-state index contributed by atoms with van der Waals surface area (Å²) in [6.45, 7) is 3.76. The van der Waals surface area contributed by atoms with Gasteiger partial charge in [0.1, 0.15) is 6.61 Å². The van der Waals surface area contributed by atoms with Crippen molar-refractivity contribution >= 4 is 27.5 Å². The number of aliphatic hydroxyl groups excluding tert-OH is 1. The predicted octanol–water partition coefficient (Wildman–Crippen LogP) is 3.75. The Balaban J connectivity index is 1.88. The molecule has 0 saturated carbocycles. The number of halogens is 2. The van der Waals surface area contributed by atoms with E-state index >= 15 is 0 Å². The minimum Gasteiger partial charge on any atom is -0.493 e. The van der Waals surface area contributed by atoms with E-state index in [0.29, 0.717) is 29.7 Å². The van der Waals surface area contributed by atoms with Gasteiger partial charge in [-0.25, -0.2) is 0 Å². The van der Waals surface area contributed by atoms with Crippen molar-refractivity contribution in [3.63, 3.8) is 0 Å². The van der Waals surface area contributed by atoms with Gasteiger partial charge in [0.15, 0.2) is 11.5 Å². The molecule has 0 aliphatic heterocycles. The summed E-state index contributed by atoms with van der Waals surface area (Å²) in [6, 6.07) is 11.5. The predicted molar refractivity (Wildman–Crippen MR) is 113 cm³/mol. The van der Waals surface area contributed by atoms with E-state index in [0.717, 1.165) is 41.7 Å². The van der Waals surface area contributed by atoms with Crippen LogP contribution in [0.5, 0.6) is 11.5 Å². The molecule has 0 amide bonds. The van der Waals surface area contributed by atoms with E-state index in [1.807, 2.05) is 36.4 Å².